The number of alkyl halides is 3. The minimum atomic E-state index is -4.41. The normalized spacial score (nSPS) is 14.8. The number of nitrogens with zero attached hydrogens (tertiary/aromatic N) is 5. The smallest absolute Gasteiger partial charge is 0.365 e. The number of nitriles is 1. The summed E-state index contributed by atoms with van der Waals surface area (Å²) in [6, 6.07) is 13.1. The van der Waals surface area contributed by atoms with Crippen molar-refractivity contribution in [1.82, 2.24) is 19.5 Å². The van der Waals surface area contributed by atoms with Crippen LogP contribution in [0.2, 0.25) is 0 Å². The standard InChI is InChI=1S/C27H24BrF3N6/c1-15-12-20(28)10-11-21(15)26-36-25-23(37(26)14-17-6-8-19(9-7-17)27(29,30)31)24(34-22(13-32)35-25)33-16(2)18-4-3-5-18/h6-12,16,18H,3-5,14H2,1-2H3,(H,33,34,35)/t16-/m1/s1. The van der Waals surface area contributed by atoms with E-state index in [2.05, 4.69) is 38.1 Å². The number of halogens is 4. The molecule has 0 bridgehead atoms. The van der Waals surface area contributed by atoms with Gasteiger partial charge in [0.2, 0.25) is 5.82 Å². The topological polar surface area (TPSA) is 79.4 Å². The molecular formula is C27H24BrF3N6. The molecule has 1 saturated carbocycles. The van der Waals surface area contributed by atoms with Gasteiger partial charge in [-0.1, -0.05) is 34.5 Å². The van der Waals surface area contributed by atoms with Crippen molar-refractivity contribution in [3.8, 4) is 17.5 Å². The summed E-state index contributed by atoms with van der Waals surface area (Å²) in [4.78, 5) is 13.7. The molecule has 5 rings (SSSR count). The fourth-order valence-electron chi connectivity index (χ4n) is 4.68. The van der Waals surface area contributed by atoms with Crippen LogP contribution in [0.5, 0.6) is 0 Å². The van der Waals surface area contributed by atoms with Gasteiger partial charge in [0.15, 0.2) is 11.5 Å². The van der Waals surface area contributed by atoms with Gasteiger partial charge in [0.05, 0.1) is 5.56 Å². The van der Waals surface area contributed by atoms with Gasteiger partial charge in [-0.05, 0) is 74.1 Å². The van der Waals surface area contributed by atoms with Crippen molar-refractivity contribution in [3.63, 3.8) is 0 Å². The third-order valence-corrected chi connectivity index (χ3v) is 7.47. The molecule has 0 saturated heterocycles. The van der Waals surface area contributed by atoms with Crippen LogP contribution in [0.1, 0.15) is 48.7 Å². The molecule has 2 heterocycles. The highest BCUT2D eigenvalue weighted by molar-refractivity contribution is 9.10. The quantitative estimate of drug-likeness (QED) is 0.268. The Balaban J connectivity index is 1.68. The molecule has 10 heteroatoms. The summed E-state index contributed by atoms with van der Waals surface area (Å²) in [6.07, 6.45) is -0.961. The van der Waals surface area contributed by atoms with Crippen molar-refractivity contribution in [2.75, 3.05) is 5.32 Å². The van der Waals surface area contributed by atoms with Crippen molar-refractivity contribution < 1.29 is 13.2 Å². The summed E-state index contributed by atoms with van der Waals surface area (Å²) < 4.78 is 42.3. The maximum Gasteiger partial charge on any atom is 0.416 e. The highest BCUT2D eigenvalue weighted by atomic mass is 79.9. The Morgan fingerprint density at radius 2 is 1.86 bits per heavy atom. The summed E-state index contributed by atoms with van der Waals surface area (Å²) in [6.45, 7) is 4.31. The van der Waals surface area contributed by atoms with Gasteiger partial charge in [-0.2, -0.15) is 28.4 Å². The Bertz CT molecular complexity index is 1500. The van der Waals surface area contributed by atoms with E-state index in [0.717, 1.165) is 40.6 Å². The minimum Gasteiger partial charge on any atom is -0.365 e. The lowest BCUT2D eigenvalue weighted by Gasteiger charge is -2.32. The lowest BCUT2D eigenvalue weighted by molar-refractivity contribution is -0.137. The number of benzene rings is 2. The number of aromatic nitrogens is 4. The highest BCUT2D eigenvalue weighted by Crippen LogP contribution is 2.35. The van der Waals surface area contributed by atoms with Crippen LogP contribution in [-0.4, -0.2) is 25.6 Å². The van der Waals surface area contributed by atoms with Crippen LogP contribution in [0, 0.1) is 24.2 Å². The first-order valence-corrected chi connectivity index (χ1v) is 12.8. The van der Waals surface area contributed by atoms with Crippen molar-refractivity contribution >= 4 is 32.9 Å². The van der Waals surface area contributed by atoms with Gasteiger partial charge >= 0.3 is 6.18 Å². The van der Waals surface area contributed by atoms with E-state index in [4.69, 9.17) is 4.98 Å². The van der Waals surface area contributed by atoms with Crippen molar-refractivity contribution in [3.05, 3.63) is 69.5 Å². The van der Waals surface area contributed by atoms with Crippen LogP contribution in [0.25, 0.3) is 22.6 Å². The SMILES string of the molecule is Cc1cc(Br)ccc1-c1nc2nc(C#N)nc(N[C@H](C)C3CCC3)c2n1Cc1ccc(C(F)(F)F)cc1. The van der Waals surface area contributed by atoms with E-state index in [1.54, 1.807) is 0 Å². The molecule has 1 aliphatic carbocycles. The molecule has 1 fully saturated rings. The second-order valence-electron chi connectivity index (χ2n) is 9.48. The molecule has 2 aromatic carbocycles. The molecule has 0 unspecified atom stereocenters. The highest BCUT2D eigenvalue weighted by Gasteiger charge is 2.30. The summed E-state index contributed by atoms with van der Waals surface area (Å²) >= 11 is 3.49. The fourth-order valence-corrected chi connectivity index (χ4v) is 5.15. The molecule has 190 valence electrons. The molecule has 4 aromatic rings. The van der Waals surface area contributed by atoms with Crippen molar-refractivity contribution in [1.29, 1.82) is 5.26 Å². The number of nitrogens with one attached hydrogen (secondary N) is 1. The third kappa shape index (κ3) is 5.05. The third-order valence-electron chi connectivity index (χ3n) is 6.98. The molecule has 37 heavy (non-hydrogen) atoms. The van der Waals surface area contributed by atoms with E-state index >= 15 is 0 Å². The fraction of sp³-hybridized carbons (Fsp3) is 0.333. The Morgan fingerprint density at radius 1 is 1.14 bits per heavy atom. The van der Waals surface area contributed by atoms with Crippen LogP contribution in [-0.2, 0) is 12.7 Å². The zero-order chi connectivity index (χ0) is 26.3. The largest absolute Gasteiger partial charge is 0.416 e. The second kappa shape index (κ2) is 9.78. The summed E-state index contributed by atoms with van der Waals surface area (Å²) in [5.41, 5.74) is 2.76. The summed E-state index contributed by atoms with van der Waals surface area (Å²) in [7, 11) is 0. The van der Waals surface area contributed by atoms with Crippen LogP contribution >= 0.6 is 15.9 Å². The molecular weight excluding hydrogens is 545 g/mol. The van der Waals surface area contributed by atoms with Gasteiger partial charge in [-0.25, -0.2) is 4.98 Å². The molecule has 1 atom stereocenters. The lowest BCUT2D eigenvalue weighted by atomic mass is 9.80. The number of imidazole rings is 1. The second-order valence-corrected chi connectivity index (χ2v) is 10.4. The van der Waals surface area contributed by atoms with Crippen LogP contribution < -0.4 is 5.32 Å². The molecule has 1 N–H and O–H groups in total. The van der Waals surface area contributed by atoms with Crippen LogP contribution in [0.15, 0.2) is 46.9 Å². The first kappa shape index (κ1) is 25.2. The number of rotatable bonds is 6. The van der Waals surface area contributed by atoms with E-state index in [1.165, 1.54) is 18.6 Å². The molecule has 0 radical (unpaired) electrons. The molecule has 0 amide bonds. The van der Waals surface area contributed by atoms with E-state index in [1.807, 2.05) is 35.8 Å². The average molecular weight is 569 g/mol. The van der Waals surface area contributed by atoms with E-state index in [0.29, 0.717) is 34.3 Å². The molecule has 2 aromatic heterocycles. The average Bonchev–Trinajstić information content (AvgIpc) is 3.15. The Morgan fingerprint density at radius 3 is 2.46 bits per heavy atom. The van der Waals surface area contributed by atoms with Gasteiger partial charge in [0, 0.05) is 22.6 Å². The molecule has 0 aliphatic heterocycles. The van der Waals surface area contributed by atoms with Crippen LogP contribution in [0.4, 0.5) is 19.0 Å². The maximum absolute atomic E-state index is 13.1. The summed E-state index contributed by atoms with van der Waals surface area (Å²) in [5.74, 6) is 1.62. The predicted octanol–water partition coefficient (Wildman–Crippen LogP) is 7.10. The Hall–Kier alpha value is -3.45. The van der Waals surface area contributed by atoms with E-state index in [9.17, 15) is 18.4 Å². The van der Waals surface area contributed by atoms with Crippen molar-refractivity contribution in [2.45, 2.75) is 51.9 Å². The number of anilines is 1. The maximum atomic E-state index is 13.1. The number of aryl methyl sites for hydroxylation is 1. The van der Waals surface area contributed by atoms with Gasteiger partial charge in [-0.3, -0.25) is 0 Å². The Labute approximate surface area is 220 Å². The van der Waals surface area contributed by atoms with Crippen LogP contribution in [0.3, 0.4) is 0 Å². The molecule has 0 spiro atoms. The van der Waals surface area contributed by atoms with E-state index in [-0.39, 0.29) is 18.4 Å². The number of fused-ring (bicyclic) bond motifs is 1. The summed E-state index contributed by atoms with van der Waals surface area (Å²) in [5, 5.41) is 13.1. The van der Waals surface area contributed by atoms with Gasteiger partial charge < -0.3 is 9.88 Å². The first-order valence-electron chi connectivity index (χ1n) is 12.0. The molecule has 1 aliphatic rings. The Kier molecular flexibility index (Phi) is 6.67. The van der Waals surface area contributed by atoms with Gasteiger partial charge in [0.1, 0.15) is 17.4 Å². The number of hydrogen-bond donors (Lipinski definition) is 1. The number of hydrogen-bond acceptors (Lipinski definition) is 5. The lowest BCUT2D eigenvalue weighted by Crippen LogP contribution is -2.31. The van der Waals surface area contributed by atoms with Crippen molar-refractivity contribution in [2.24, 2.45) is 5.92 Å². The zero-order valence-corrected chi connectivity index (χ0v) is 21.9. The first-order chi connectivity index (χ1) is 17.6. The minimum absolute atomic E-state index is 0.00840. The van der Waals surface area contributed by atoms with Gasteiger partial charge in [-0.15, -0.1) is 0 Å². The zero-order valence-electron chi connectivity index (χ0n) is 20.3. The molecule has 6 nitrogen and oxygen atoms in total. The predicted molar refractivity (Wildman–Crippen MR) is 139 cm³/mol. The van der Waals surface area contributed by atoms with Gasteiger partial charge in [0.25, 0.3) is 0 Å². The monoisotopic (exact) mass is 568 g/mol. The van der Waals surface area contributed by atoms with E-state index < -0.39 is 11.7 Å².